The molecule has 0 radical (unpaired) electrons. The number of hydrogen-bond acceptors (Lipinski definition) is 8. The Bertz CT molecular complexity index is 1400. The van der Waals surface area contributed by atoms with Gasteiger partial charge < -0.3 is 39.2 Å². The maximum atomic E-state index is 2.64. The molecule has 0 aromatic rings. The standard InChI is InChI=1S/C11H23N.2C10H21N.2C9H19N.2C8H17N.C7H15N/c1-4-11-7-5-6-8-12(9-11)10(2)3;1-9(2)11-7-5-4-6-10(3)8-11;1-4-10-6-5-7-11(8-10)9(2)3;1-8(2)10-6-4-5-9(3)7-10;1-4-9-5-6-10(7-9)8(2)3;1-7(2)9-5-4-8(3)6-9;1-4-8-5-9(6-8)7(2)3;1-6(2)8-4-7(3)5-8/h10-11H,4-9H2,1-3H3;2*9-10H,4-8H2,1-3H3;2*8-9H,4-7H2,1-3H3;2*7-8H,4-6H2,1-3H3;6-7H,4-5H2,1-3H3. The Kier molecular flexibility index (Phi) is 42.9. The number of piperidine rings is 2. The second kappa shape index (κ2) is 44.2. The Balaban J connectivity index is 0.000000458. The van der Waals surface area contributed by atoms with Crippen molar-refractivity contribution in [2.24, 2.45) is 47.3 Å². The zero-order valence-corrected chi connectivity index (χ0v) is 59.4. The lowest BCUT2D eigenvalue weighted by molar-refractivity contribution is 0.0658. The molecule has 480 valence electrons. The van der Waals surface area contributed by atoms with Gasteiger partial charge in [-0.15, -0.1) is 0 Å². The second-order valence-electron chi connectivity index (χ2n) is 30.0. The van der Waals surface area contributed by atoms with E-state index in [-0.39, 0.29) is 0 Å². The predicted octanol–water partition coefficient (Wildman–Crippen LogP) is 17.0. The first-order chi connectivity index (χ1) is 37.7. The number of likely N-dealkylation sites (tertiary alicyclic amines) is 8. The van der Waals surface area contributed by atoms with Crippen LogP contribution in [0.4, 0.5) is 0 Å². The summed E-state index contributed by atoms with van der Waals surface area (Å²) in [4.78, 5) is 20.6. The van der Waals surface area contributed by atoms with E-state index in [0.717, 1.165) is 95.7 Å². The van der Waals surface area contributed by atoms with Gasteiger partial charge in [-0.25, -0.2) is 0 Å². The fourth-order valence-corrected chi connectivity index (χ4v) is 13.1. The van der Waals surface area contributed by atoms with Crippen LogP contribution in [-0.4, -0.2) is 192 Å². The van der Waals surface area contributed by atoms with Crippen LogP contribution in [0.2, 0.25) is 0 Å². The Morgan fingerprint density at radius 2 is 0.463 bits per heavy atom. The van der Waals surface area contributed by atoms with Gasteiger partial charge in [-0.05, 0) is 262 Å². The van der Waals surface area contributed by atoms with Gasteiger partial charge in [-0.1, -0.05) is 93.9 Å². The molecule has 6 atom stereocenters. The Hall–Kier alpha value is -0.320. The van der Waals surface area contributed by atoms with E-state index in [1.165, 1.54) is 207 Å². The minimum Gasteiger partial charge on any atom is -0.301 e. The molecule has 8 aliphatic rings. The molecule has 0 bridgehead atoms. The third-order valence-electron chi connectivity index (χ3n) is 20.0. The van der Waals surface area contributed by atoms with Crippen molar-refractivity contribution in [3.05, 3.63) is 0 Å². The molecule has 80 heavy (non-hydrogen) atoms. The van der Waals surface area contributed by atoms with Crippen LogP contribution in [-0.2, 0) is 0 Å². The lowest BCUT2D eigenvalue weighted by Crippen LogP contribution is -2.49. The van der Waals surface area contributed by atoms with Crippen LogP contribution < -0.4 is 0 Å². The molecular weight excluding hydrogens is 977 g/mol. The molecule has 0 N–H and O–H groups in total. The topological polar surface area (TPSA) is 25.9 Å². The minimum atomic E-state index is 0.746. The zero-order chi connectivity index (χ0) is 60.5. The van der Waals surface area contributed by atoms with Crippen molar-refractivity contribution in [2.45, 2.75) is 317 Å². The van der Waals surface area contributed by atoms with Crippen molar-refractivity contribution < 1.29 is 0 Å². The monoisotopic (exact) mass is 1130 g/mol. The summed E-state index contributed by atoms with van der Waals surface area (Å²) in [5, 5.41) is 0. The molecule has 0 amide bonds. The molecular formula is C72H152N8. The van der Waals surface area contributed by atoms with Gasteiger partial charge in [-0.3, -0.25) is 0 Å². The molecule has 0 aromatic heterocycles. The molecule has 0 spiro atoms. The fourth-order valence-electron chi connectivity index (χ4n) is 13.1. The quantitative estimate of drug-likeness (QED) is 0.191. The third-order valence-corrected chi connectivity index (χ3v) is 20.0. The highest BCUT2D eigenvalue weighted by atomic mass is 15.2. The van der Waals surface area contributed by atoms with E-state index in [2.05, 4.69) is 205 Å². The van der Waals surface area contributed by atoms with E-state index >= 15 is 0 Å². The largest absolute Gasteiger partial charge is 0.301 e. The molecule has 8 fully saturated rings. The summed E-state index contributed by atoms with van der Waals surface area (Å²) in [7, 11) is 0. The molecule has 8 saturated heterocycles. The molecule has 8 heteroatoms. The Morgan fingerprint density at radius 1 is 0.225 bits per heavy atom. The number of rotatable bonds is 12. The first kappa shape index (κ1) is 77.7. The van der Waals surface area contributed by atoms with E-state index in [0.29, 0.717) is 0 Å². The molecule has 0 saturated carbocycles. The van der Waals surface area contributed by atoms with Crippen molar-refractivity contribution in [1.29, 1.82) is 0 Å². The SMILES string of the molecule is CC1CCCCN(C(C)C)C1.CC1CCCN(C(C)C)C1.CC1CCN(C(C)C)C1.CC1CN(C(C)C)C1.CCC1CCCCN(C(C)C)C1.CCC1CCCN(C(C)C)C1.CCC1CCN(C(C)C)C1.CCC1CN(C(C)C)C1. The maximum Gasteiger partial charge on any atom is 0.00388 e. The van der Waals surface area contributed by atoms with Crippen LogP contribution in [0, 0.1) is 47.3 Å². The maximum absolute atomic E-state index is 2.64. The lowest BCUT2D eigenvalue weighted by atomic mass is 9.95. The summed E-state index contributed by atoms with van der Waals surface area (Å²) < 4.78 is 0. The third kappa shape index (κ3) is 34.1. The van der Waals surface area contributed by atoms with Gasteiger partial charge in [0.1, 0.15) is 0 Å². The highest BCUT2D eigenvalue weighted by Crippen LogP contribution is 2.25. The van der Waals surface area contributed by atoms with E-state index in [9.17, 15) is 0 Å². The van der Waals surface area contributed by atoms with Crippen molar-refractivity contribution in [3.63, 3.8) is 0 Å². The smallest absolute Gasteiger partial charge is 0.00388 e. The summed E-state index contributed by atoms with van der Waals surface area (Å²) in [6.07, 6.45) is 22.6. The molecule has 0 aromatic carbocycles. The summed E-state index contributed by atoms with van der Waals surface area (Å²) >= 11 is 0. The summed E-state index contributed by atoms with van der Waals surface area (Å²) in [6.45, 7) is 76.4. The zero-order valence-electron chi connectivity index (χ0n) is 59.4. The van der Waals surface area contributed by atoms with E-state index in [4.69, 9.17) is 0 Å². The normalized spacial score (nSPS) is 27.4. The lowest BCUT2D eigenvalue weighted by Gasteiger charge is -2.41. The van der Waals surface area contributed by atoms with E-state index < -0.39 is 0 Å². The van der Waals surface area contributed by atoms with Crippen molar-refractivity contribution in [3.8, 4) is 0 Å². The van der Waals surface area contributed by atoms with Gasteiger partial charge in [0.25, 0.3) is 0 Å². The van der Waals surface area contributed by atoms with E-state index in [1.807, 2.05) is 0 Å². The molecule has 8 rings (SSSR count). The highest BCUT2D eigenvalue weighted by molar-refractivity contribution is 4.82. The van der Waals surface area contributed by atoms with Gasteiger partial charge in [-0.2, -0.15) is 0 Å². The number of hydrogen-bond donors (Lipinski definition) is 0. The Morgan fingerprint density at radius 3 is 0.762 bits per heavy atom. The van der Waals surface area contributed by atoms with Crippen molar-refractivity contribution >= 4 is 0 Å². The van der Waals surface area contributed by atoms with E-state index in [1.54, 1.807) is 0 Å². The second-order valence-corrected chi connectivity index (χ2v) is 30.0. The van der Waals surface area contributed by atoms with Crippen molar-refractivity contribution in [2.75, 3.05) is 105 Å². The summed E-state index contributed by atoms with van der Waals surface area (Å²) in [5.74, 6) is 7.68. The average Bonchev–Trinajstić information content (AvgIpc) is 3.92. The van der Waals surface area contributed by atoms with Crippen LogP contribution in [0.1, 0.15) is 269 Å². The van der Waals surface area contributed by atoms with Gasteiger partial charge in [0.2, 0.25) is 0 Å². The first-order valence-electron chi connectivity index (χ1n) is 35.7. The van der Waals surface area contributed by atoms with Crippen LogP contribution in [0.15, 0.2) is 0 Å². The van der Waals surface area contributed by atoms with Crippen molar-refractivity contribution in [1.82, 2.24) is 39.2 Å². The molecule has 6 unspecified atom stereocenters. The van der Waals surface area contributed by atoms with Crippen LogP contribution >= 0.6 is 0 Å². The van der Waals surface area contributed by atoms with Crippen LogP contribution in [0.5, 0.6) is 0 Å². The number of nitrogens with zero attached hydrogens (tertiary/aromatic N) is 8. The van der Waals surface area contributed by atoms with Gasteiger partial charge >= 0.3 is 0 Å². The summed E-state index contributed by atoms with van der Waals surface area (Å²) in [5.41, 5.74) is 0. The van der Waals surface area contributed by atoms with Crippen LogP contribution in [0.25, 0.3) is 0 Å². The Labute approximate surface area is 506 Å². The van der Waals surface area contributed by atoms with Gasteiger partial charge in [0.15, 0.2) is 0 Å². The van der Waals surface area contributed by atoms with Gasteiger partial charge in [0.05, 0.1) is 0 Å². The fraction of sp³-hybridized carbons (Fsp3) is 1.00. The molecule has 8 heterocycles. The molecule has 8 aliphatic heterocycles. The predicted molar refractivity (Wildman–Crippen MR) is 361 cm³/mol. The van der Waals surface area contributed by atoms with Gasteiger partial charge in [0, 0.05) is 114 Å². The highest BCUT2D eigenvalue weighted by Gasteiger charge is 2.27. The minimum absolute atomic E-state index is 0.746. The molecule has 0 aliphatic carbocycles. The van der Waals surface area contributed by atoms with Crippen LogP contribution in [0.3, 0.4) is 0 Å². The summed E-state index contributed by atoms with van der Waals surface area (Å²) in [6, 6.07) is 6.06. The average molecular weight is 1130 g/mol. The molecule has 8 nitrogen and oxygen atoms in total. The first-order valence-corrected chi connectivity index (χ1v) is 35.7.